The lowest BCUT2D eigenvalue weighted by molar-refractivity contribution is -0.154. The lowest BCUT2D eigenvalue weighted by atomic mass is 9.71. The van der Waals surface area contributed by atoms with Gasteiger partial charge >= 0.3 is 5.97 Å². The topological polar surface area (TPSA) is 87.1 Å². The summed E-state index contributed by atoms with van der Waals surface area (Å²) in [6, 6.07) is -1.14. The summed E-state index contributed by atoms with van der Waals surface area (Å²) in [7, 11) is 0. The fourth-order valence-electron chi connectivity index (χ4n) is 5.91. The van der Waals surface area contributed by atoms with Crippen molar-refractivity contribution in [2.75, 3.05) is 26.3 Å². The first-order chi connectivity index (χ1) is 16.4. The molecule has 8 heteroatoms. The summed E-state index contributed by atoms with van der Waals surface area (Å²) in [6.07, 6.45) is 8.82. The largest absolute Gasteiger partial charge is 0.465 e. The van der Waals surface area contributed by atoms with Crippen LogP contribution in [-0.2, 0) is 19.1 Å². The van der Waals surface area contributed by atoms with Gasteiger partial charge in [-0.25, -0.2) is 0 Å². The third-order valence-corrected chi connectivity index (χ3v) is 9.51. The number of nitrogens with zero attached hydrogens (tertiary/aromatic N) is 2. The molecule has 0 aliphatic carbocycles. The number of unbranched alkanes of at least 4 members (excludes halogenated alkanes) is 2. The summed E-state index contributed by atoms with van der Waals surface area (Å²) >= 11 is 1.64. The van der Waals surface area contributed by atoms with E-state index in [4.69, 9.17) is 4.74 Å². The van der Waals surface area contributed by atoms with Crippen LogP contribution in [0.1, 0.15) is 58.8 Å². The Morgan fingerprint density at radius 3 is 2.71 bits per heavy atom. The molecule has 34 heavy (non-hydrogen) atoms. The van der Waals surface area contributed by atoms with Gasteiger partial charge in [-0.3, -0.25) is 14.4 Å². The molecule has 0 aromatic rings. The third kappa shape index (κ3) is 4.68. The van der Waals surface area contributed by atoms with Crippen molar-refractivity contribution in [3.63, 3.8) is 0 Å². The SMILES string of the molecule is C=CCCCOC(=O)[C@@H]1[C@H]2C(=O)N([C@@H](CC)CO)C(C(=O)N(CC=C)CCCC)C23CC[C@H]1S3. The molecule has 3 heterocycles. The van der Waals surface area contributed by atoms with Crippen molar-refractivity contribution in [1.82, 2.24) is 9.80 Å². The van der Waals surface area contributed by atoms with Gasteiger partial charge in [0.15, 0.2) is 0 Å². The van der Waals surface area contributed by atoms with E-state index >= 15 is 0 Å². The Hall–Kier alpha value is -1.80. The Morgan fingerprint density at radius 2 is 2.09 bits per heavy atom. The van der Waals surface area contributed by atoms with Gasteiger partial charge in [0.2, 0.25) is 11.8 Å². The second-order valence-electron chi connectivity index (χ2n) is 9.57. The second kappa shape index (κ2) is 11.8. The molecule has 0 aromatic carbocycles. The number of aliphatic hydroxyl groups is 1. The number of esters is 1. The van der Waals surface area contributed by atoms with Crippen LogP contribution >= 0.6 is 11.8 Å². The van der Waals surface area contributed by atoms with Gasteiger partial charge < -0.3 is 19.6 Å². The maximum atomic E-state index is 14.0. The summed E-state index contributed by atoms with van der Waals surface area (Å²) < 4.78 is 4.93. The zero-order chi connectivity index (χ0) is 24.9. The number of hydrogen-bond acceptors (Lipinski definition) is 6. The third-order valence-electron chi connectivity index (χ3n) is 7.56. The van der Waals surface area contributed by atoms with Gasteiger partial charge in [0.05, 0.1) is 35.8 Å². The van der Waals surface area contributed by atoms with Crippen molar-refractivity contribution >= 4 is 29.5 Å². The number of ether oxygens (including phenoxy) is 1. The number of hydrogen-bond donors (Lipinski definition) is 1. The van der Waals surface area contributed by atoms with Crippen LogP contribution in [0.3, 0.4) is 0 Å². The maximum Gasteiger partial charge on any atom is 0.310 e. The van der Waals surface area contributed by atoms with Gasteiger partial charge in [-0.05, 0) is 38.5 Å². The van der Waals surface area contributed by atoms with Gasteiger partial charge in [-0.15, -0.1) is 24.9 Å². The molecule has 3 rings (SSSR count). The molecule has 2 bridgehead atoms. The first-order valence-corrected chi connectivity index (χ1v) is 13.6. The van der Waals surface area contributed by atoms with Crippen LogP contribution in [0.5, 0.6) is 0 Å². The molecular formula is C26H40N2O5S. The normalized spacial score (nSPS) is 30.2. The lowest BCUT2D eigenvalue weighted by Crippen LogP contribution is -2.57. The van der Waals surface area contributed by atoms with Crippen molar-refractivity contribution in [1.29, 1.82) is 0 Å². The van der Waals surface area contributed by atoms with Crippen LogP contribution in [0, 0.1) is 11.8 Å². The van der Waals surface area contributed by atoms with E-state index < -0.39 is 28.7 Å². The Labute approximate surface area is 208 Å². The highest BCUT2D eigenvalue weighted by Crippen LogP contribution is 2.67. The second-order valence-corrected chi connectivity index (χ2v) is 11.2. The highest BCUT2D eigenvalue weighted by atomic mass is 32.2. The number of aliphatic hydroxyl groups excluding tert-OH is 1. The first-order valence-electron chi connectivity index (χ1n) is 12.7. The average Bonchev–Trinajstić information content (AvgIpc) is 3.48. The van der Waals surface area contributed by atoms with Crippen molar-refractivity contribution in [3.05, 3.63) is 25.3 Å². The van der Waals surface area contributed by atoms with Crippen molar-refractivity contribution in [2.45, 2.75) is 80.9 Å². The van der Waals surface area contributed by atoms with Gasteiger partial charge in [0.1, 0.15) is 6.04 Å². The highest BCUT2D eigenvalue weighted by molar-refractivity contribution is 8.02. The van der Waals surface area contributed by atoms with Crippen LogP contribution < -0.4 is 0 Å². The number of carbonyl (C=O) groups is 3. The van der Waals surface area contributed by atoms with E-state index in [1.165, 1.54) is 0 Å². The minimum atomic E-state index is -0.688. The molecule has 3 saturated heterocycles. The lowest BCUT2D eigenvalue weighted by Gasteiger charge is -2.39. The van der Waals surface area contributed by atoms with Crippen LogP contribution in [0.15, 0.2) is 25.3 Å². The molecular weight excluding hydrogens is 452 g/mol. The number of likely N-dealkylation sites (tertiary alicyclic amines) is 1. The quantitative estimate of drug-likeness (QED) is 0.228. The molecule has 2 amide bonds. The summed E-state index contributed by atoms with van der Waals surface area (Å²) in [5.41, 5.74) is 0. The smallest absolute Gasteiger partial charge is 0.310 e. The minimum absolute atomic E-state index is 0.0176. The number of carbonyl (C=O) groups excluding carboxylic acids is 3. The van der Waals surface area contributed by atoms with Gasteiger partial charge in [-0.2, -0.15) is 0 Å². The summed E-state index contributed by atoms with van der Waals surface area (Å²) in [6.45, 7) is 12.6. The Bertz CT molecular complexity index is 785. The number of thioether (sulfide) groups is 1. The van der Waals surface area contributed by atoms with Gasteiger partial charge in [0, 0.05) is 18.3 Å². The summed E-state index contributed by atoms with van der Waals surface area (Å²) in [4.78, 5) is 44.5. The molecule has 3 aliphatic rings. The summed E-state index contributed by atoms with van der Waals surface area (Å²) in [5.74, 6) is -1.75. The number of amides is 2. The van der Waals surface area contributed by atoms with Gasteiger partial charge in [-0.1, -0.05) is 32.4 Å². The van der Waals surface area contributed by atoms with Crippen molar-refractivity contribution in [3.8, 4) is 0 Å². The zero-order valence-corrected chi connectivity index (χ0v) is 21.4. The highest BCUT2D eigenvalue weighted by Gasteiger charge is 2.74. The Morgan fingerprint density at radius 1 is 1.32 bits per heavy atom. The predicted molar refractivity (Wildman–Crippen MR) is 134 cm³/mol. The average molecular weight is 493 g/mol. The molecule has 3 aliphatic heterocycles. The molecule has 1 spiro atoms. The predicted octanol–water partition coefficient (Wildman–Crippen LogP) is 3.17. The van der Waals surface area contributed by atoms with E-state index in [9.17, 15) is 19.5 Å². The fraction of sp³-hybridized carbons (Fsp3) is 0.731. The molecule has 190 valence electrons. The molecule has 0 radical (unpaired) electrons. The molecule has 6 atom stereocenters. The summed E-state index contributed by atoms with van der Waals surface area (Å²) in [5, 5.41) is 10.1. The monoisotopic (exact) mass is 492 g/mol. The minimum Gasteiger partial charge on any atom is -0.465 e. The zero-order valence-electron chi connectivity index (χ0n) is 20.6. The standard InChI is InChI=1S/C26H40N2O5S/c1-5-9-11-16-33-25(32)20-19-12-13-26(34-19)21(20)23(30)28(18(8-4)17-29)22(26)24(31)27(14-7-3)15-10-6-2/h5,7,18-22,29H,1,3,6,8-17H2,2,4H3/t18-,19+,20-,21-,22?,26?/m0/s1. The fourth-order valence-corrected chi connectivity index (χ4v) is 8.10. The maximum absolute atomic E-state index is 14.0. The first kappa shape index (κ1) is 26.8. The van der Waals surface area contributed by atoms with Gasteiger partial charge in [0.25, 0.3) is 0 Å². The van der Waals surface area contributed by atoms with E-state index in [2.05, 4.69) is 20.1 Å². The van der Waals surface area contributed by atoms with E-state index in [0.717, 1.165) is 25.7 Å². The number of fused-ring (bicyclic) bond motifs is 1. The van der Waals surface area contributed by atoms with E-state index in [1.54, 1.807) is 33.7 Å². The van der Waals surface area contributed by atoms with Crippen molar-refractivity contribution < 1.29 is 24.2 Å². The van der Waals surface area contributed by atoms with E-state index in [1.807, 2.05) is 6.92 Å². The molecule has 0 saturated carbocycles. The molecule has 0 aromatic heterocycles. The Balaban J connectivity index is 1.96. The number of allylic oxidation sites excluding steroid dienone is 1. The van der Waals surface area contributed by atoms with Crippen LogP contribution in [0.25, 0.3) is 0 Å². The number of rotatable bonds is 14. The van der Waals surface area contributed by atoms with Crippen LogP contribution in [-0.4, -0.2) is 81.1 Å². The van der Waals surface area contributed by atoms with Crippen molar-refractivity contribution in [2.24, 2.45) is 11.8 Å². The van der Waals surface area contributed by atoms with E-state index in [-0.39, 0.29) is 29.6 Å². The van der Waals surface area contributed by atoms with Crippen LogP contribution in [0.4, 0.5) is 0 Å². The molecule has 3 fully saturated rings. The Kier molecular flexibility index (Phi) is 9.27. The molecule has 7 nitrogen and oxygen atoms in total. The molecule has 1 N–H and O–H groups in total. The van der Waals surface area contributed by atoms with E-state index in [0.29, 0.717) is 39.0 Å². The van der Waals surface area contributed by atoms with Crippen LogP contribution in [0.2, 0.25) is 0 Å². The molecule has 2 unspecified atom stereocenters.